The van der Waals surface area contributed by atoms with Crippen molar-refractivity contribution in [3.63, 3.8) is 0 Å². The van der Waals surface area contributed by atoms with E-state index in [9.17, 15) is 19.6 Å². The van der Waals surface area contributed by atoms with Gasteiger partial charge in [0, 0.05) is 0 Å². The molecule has 160 valence electrons. The Morgan fingerprint density at radius 1 is 1.23 bits per heavy atom. The van der Waals surface area contributed by atoms with E-state index in [2.05, 4.69) is 16.7 Å². The maximum atomic E-state index is 12.9. The number of nitriles is 1. The van der Waals surface area contributed by atoms with Gasteiger partial charge in [0.1, 0.15) is 23.4 Å². The number of carbonyl (C=O) groups is 3. The maximum absolute atomic E-state index is 12.9. The third kappa shape index (κ3) is 4.56. The number of methoxy groups -OCH3 is 1. The first kappa shape index (κ1) is 21.6. The lowest BCUT2D eigenvalue weighted by molar-refractivity contribution is -0.135. The molecule has 0 aromatic heterocycles. The number of nitrogens with zero attached hydrogens (tertiary/aromatic N) is 2. The van der Waals surface area contributed by atoms with E-state index in [1.54, 1.807) is 14.0 Å². The minimum absolute atomic E-state index is 0.383. The molecule has 1 aromatic carbocycles. The topological polar surface area (TPSA) is 112 Å². The van der Waals surface area contributed by atoms with Crippen LogP contribution in [0.4, 0.5) is 4.79 Å². The largest absolute Gasteiger partial charge is 0.497 e. The van der Waals surface area contributed by atoms with E-state index in [1.807, 2.05) is 24.3 Å². The Hall–Kier alpha value is -3.08. The molecule has 8 heteroatoms. The SMILES string of the molecule is COc1ccc(CC[C@]2(C)NC(=O)N(CC(=O)NC3(C#N)CCCCC3)C2=O)cc1. The summed E-state index contributed by atoms with van der Waals surface area (Å²) in [5.41, 5.74) is -0.954. The molecule has 0 unspecified atom stereocenters. The molecule has 0 spiro atoms. The standard InChI is InChI=1S/C22H28N4O4/c1-21(13-10-16-6-8-17(30-2)9-7-16)19(28)26(20(29)25-21)14-18(27)24-22(15-23)11-4-3-5-12-22/h6-9H,3-5,10-14H2,1-2H3,(H,24,27)(H,25,29)/t21-/m0/s1. The molecule has 1 heterocycles. The highest BCUT2D eigenvalue weighted by molar-refractivity contribution is 6.08. The summed E-state index contributed by atoms with van der Waals surface area (Å²) in [5.74, 6) is -0.160. The zero-order chi connectivity index (χ0) is 21.8. The van der Waals surface area contributed by atoms with E-state index in [0.29, 0.717) is 25.7 Å². The van der Waals surface area contributed by atoms with Crippen LogP contribution in [-0.2, 0) is 16.0 Å². The zero-order valence-corrected chi connectivity index (χ0v) is 17.5. The first-order chi connectivity index (χ1) is 14.3. The number of imide groups is 1. The van der Waals surface area contributed by atoms with Crippen molar-refractivity contribution in [3.8, 4) is 11.8 Å². The van der Waals surface area contributed by atoms with Crippen LogP contribution in [0.1, 0.15) is 51.0 Å². The molecule has 4 amide bonds. The van der Waals surface area contributed by atoms with Crippen LogP contribution in [0.15, 0.2) is 24.3 Å². The monoisotopic (exact) mass is 412 g/mol. The van der Waals surface area contributed by atoms with Gasteiger partial charge in [-0.05, 0) is 50.3 Å². The average Bonchev–Trinajstić information content (AvgIpc) is 2.96. The van der Waals surface area contributed by atoms with Gasteiger partial charge >= 0.3 is 6.03 Å². The number of nitrogens with one attached hydrogen (secondary N) is 2. The fraction of sp³-hybridized carbons (Fsp3) is 0.545. The number of carbonyl (C=O) groups excluding carboxylic acids is 3. The van der Waals surface area contributed by atoms with E-state index in [-0.39, 0.29) is 6.54 Å². The number of urea groups is 1. The molecular weight excluding hydrogens is 384 g/mol. The van der Waals surface area contributed by atoms with Gasteiger partial charge in [-0.2, -0.15) is 5.26 Å². The first-order valence-corrected chi connectivity index (χ1v) is 10.3. The van der Waals surface area contributed by atoms with E-state index < -0.39 is 28.9 Å². The molecule has 1 aliphatic heterocycles. The highest BCUT2D eigenvalue weighted by atomic mass is 16.5. The molecule has 1 saturated carbocycles. The summed E-state index contributed by atoms with van der Waals surface area (Å²) in [6.07, 6.45) is 4.97. The molecule has 2 fully saturated rings. The number of rotatable bonds is 7. The van der Waals surface area contributed by atoms with Gasteiger partial charge in [-0.1, -0.05) is 31.4 Å². The number of benzene rings is 1. The van der Waals surface area contributed by atoms with Crippen LogP contribution in [0, 0.1) is 11.3 Å². The highest BCUT2D eigenvalue weighted by Crippen LogP contribution is 2.28. The van der Waals surface area contributed by atoms with Gasteiger partial charge in [-0.3, -0.25) is 14.5 Å². The second kappa shape index (κ2) is 8.74. The molecule has 1 saturated heterocycles. The van der Waals surface area contributed by atoms with Crippen molar-refractivity contribution in [1.82, 2.24) is 15.5 Å². The lowest BCUT2D eigenvalue weighted by Crippen LogP contribution is -2.52. The van der Waals surface area contributed by atoms with E-state index in [1.165, 1.54) is 0 Å². The Morgan fingerprint density at radius 2 is 1.90 bits per heavy atom. The van der Waals surface area contributed by atoms with Gasteiger partial charge in [0.2, 0.25) is 5.91 Å². The quantitative estimate of drug-likeness (QED) is 0.668. The minimum Gasteiger partial charge on any atom is -0.497 e. The molecule has 1 atom stereocenters. The van der Waals surface area contributed by atoms with Crippen molar-refractivity contribution in [2.24, 2.45) is 0 Å². The fourth-order valence-electron chi connectivity index (χ4n) is 4.12. The predicted molar refractivity (Wildman–Crippen MR) is 110 cm³/mol. The number of amides is 4. The minimum atomic E-state index is -1.07. The van der Waals surface area contributed by atoms with Crippen LogP contribution < -0.4 is 15.4 Å². The smallest absolute Gasteiger partial charge is 0.325 e. The predicted octanol–water partition coefficient (Wildman–Crippen LogP) is 2.28. The number of aryl methyl sites for hydroxylation is 1. The molecular formula is C22H28N4O4. The third-order valence-electron chi connectivity index (χ3n) is 6.02. The lowest BCUT2D eigenvalue weighted by atomic mass is 9.83. The van der Waals surface area contributed by atoms with Crippen LogP contribution in [-0.4, -0.2) is 47.5 Å². The lowest BCUT2D eigenvalue weighted by Gasteiger charge is -2.32. The molecule has 2 aliphatic rings. The van der Waals surface area contributed by atoms with Gasteiger partial charge in [-0.15, -0.1) is 0 Å². The van der Waals surface area contributed by atoms with Crippen LogP contribution in [0.3, 0.4) is 0 Å². The summed E-state index contributed by atoms with van der Waals surface area (Å²) < 4.78 is 5.14. The van der Waals surface area contributed by atoms with Gasteiger partial charge < -0.3 is 15.4 Å². The Labute approximate surface area is 176 Å². The molecule has 30 heavy (non-hydrogen) atoms. The normalized spacial score (nSPS) is 22.9. The summed E-state index contributed by atoms with van der Waals surface area (Å²) in [6, 6.07) is 9.16. The molecule has 8 nitrogen and oxygen atoms in total. The van der Waals surface area contributed by atoms with E-state index >= 15 is 0 Å². The number of hydrogen-bond acceptors (Lipinski definition) is 5. The molecule has 3 rings (SSSR count). The van der Waals surface area contributed by atoms with Gasteiger partial charge in [0.15, 0.2) is 0 Å². The molecule has 1 aliphatic carbocycles. The van der Waals surface area contributed by atoms with Crippen LogP contribution in [0.25, 0.3) is 0 Å². The van der Waals surface area contributed by atoms with Crippen molar-refractivity contribution in [2.45, 2.75) is 62.9 Å². The van der Waals surface area contributed by atoms with Gasteiger partial charge in [0.05, 0.1) is 13.2 Å². The van der Waals surface area contributed by atoms with Crippen molar-refractivity contribution >= 4 is 17.8 Å². The van der Waals surface area contributed by atoms with Crippen LogP contribution in [0.2, 0.25) is 0 Å². The highest BCUT2D eigenvalue weighted by Gasteiger charge is 2.48. The maximum Gasteiger partial charge on any atom is 0.325 e. The Morgan fingerprint density at radius 3 is 2.50 bits per heavy atom. The molecule has 1 aromatic rings. The summed E-state index contributed by atoms with van der Waals surface area (Å²) >= 11 is 0. The molecule has 0 radical (unpaired) electrons. The number of hydrogen-bond donors (Lipinski definition) is 2. The summed E-state index contributed by atoms with van der Waals surface area (Å²) in [5, 5.41) is 15.0. The summed E-state index contributed by atoms with van der Waals surface area (Å²) in [7, 11) is 1.60. The second-order valence-corrected chi connectivity index (χ2v) is 8.30. The Balaban J connectivity index is 1.60. The van der Waals surface area contributed by atoms with E-state index in [0.717, 1.165) is 35.5 Å². The summed E-state index contributed by atoms with van der Waals surface area (Å²) in [6.45, 7) is 1.29. The third-order valence-corrected chi connectivity index (χ3v) is 6.02. The van der Waals surface area contributed by atoms with Crippen LogP contribution in [0.5, 0.6) is 5.75 Å². The second-order valence-electron chi connectivity index (χ2n) is 8.30. The van der Waals surface area contributed by atoms with E-state index in [4.69, 9.17) is 4.74 Å². The van der Waals surface area contributed by atoms with Gasteiger partial charge in [-0.25, -0.2) is 4.79 Å². The Bertz CT molecular complexity index is 855. The zero-order valence-electron chi connectivity index (χ0n) is 17.5. The van der Waals surface area contributed by atoms with Crippen molar-refractivity contribution in [1.29, 1.82) is 5.26 Å². The van der Waals surface area contributed by atoms with Crippen molar-refractivity contribution in [3.05, 3.63) is 29.8 Å². The van der Waals surface area contributed by atoms with Gasteiger partial charge in [0.25, 0.3) is 5.91 Å². The first-order valence-electron chi connectivity index (χ1n) is 10.3. The Kier molecular flexibility index (Phi) is 6.30. The average molecular weight is 412 g/mol. The molecule has 2 N–H and O–H groups in total. The van der Waals surface area contributed by atoms with Crippen molar-refractivity contribution < 1.29 is 19.1 Å². The summed E-state index contributed by atoms with van der Waals surface area (Å²) in [4.78, 5) is 38.8. The van der Waals surface area contributed by atoms with Crippen LogP contribution >= 0.6 is 0 Å². The number of ether oxygens (including phenoxy) is 1. The molecule has 0 bridgehead atoms. The fourth-order valence-corrected chi connectivity index (χ4v) is 4.12. The van der Waals surface area contributed by atoms with Crippen molar-refractivity contribution in [2.75, 3.05) is 13.7 Å².